The number of carboxylic acids is 1. The maximum Gasteiger partial charge on any atom is 0.337 e. The van der Waals surface area contributed by atoms with Gasteiger partial charge in [-0.15, -0.1) is 0 Å². The maximum atomic E-state index is 14.1. The Kier molecular flexibility index (Phi) is 5.38. The first-order valence-electron chi connectivity index (χ1n) is 6.99. The lowest BCUT2D eigenvalue weighted by Gasteiger charge is -2.04. The fourth-order valence-corrected chi connectivity index (χ4v) is 2.29. The second-order valence-electron chi connectivity index (χ2n) is 5.02. The fourth-order valence-electron chi connectivity index (χ4n) is 2.29. The SMILES string of the molecule is Cc1cc(C(=O)O)c2nc(C(/C(F)=C/CF)=C(\F)CCF)[nH]c2c1. The first-order valence-corrected chi connectivity index (χ1v) is 6.99. The Bertz CT molecular complexity index is 840. The van der Waals surface area contributed by atoms with Gasteiger partial charge in [-0.3, -0.25) is 4.39 Å². The Labute approximate surface area is 134 Å². The monoisotopic (exact) mass is 342 g/mol. The Hall–Kier alpha value is -2.64. The number of rotatable bonds is 6. The van der Waals surface area contributed by atoms with E-state index in [0.717, 1.165) is 0 Å². The molecule has 0 bridgehead atoms. The number of halogens is 4. The molecular weight excluding hydrogens is 328 g/mol. The van der Waals surface area contributed by atoms with Crippen LogP contribution in [0.5, 0.6) is 0 Å². The number of fused-ring (bicyclic) bond motifs is 1. The van der Waals surface area contributed by atoms with Crippen molar-refractivity contribution in [3.05, 3.63) is 46.8 Å². The number of carboxylic acid groups (broad SMARTS) is 1. The number of carbonyl (C=O) groups is 1. The van der Waals surface area contributed by atoms with Crippen LogP contribution in [-0.2, 0) is 0 Å². The van der Waals surface area contributed by atoms with E-state index in [-0.39, 0.29) is 22.4 Å². The van der Waals surface area contributed by atoms with Gasteiger partial charge >= 0.3 is 5.97 Å². The topological polar surface area (TPSA) is 66.0 Å². The Balaban J connectivity index is 2.72. The number of imidazole rings is 1. The standard InChI is InChI=1S/C16H14F4N2O2/c1-8-6-9(16(23)24)14-12(7-8)21-15(22-14)13(10(19)2-4-17)11(20)3-5-18/h2,6-7H,3-5H2,1H3,(H,21,22)(H,23,24)/b10-2-,13-11-. The van der Waals surface area contributed by atoms with Crippen LogP contribution in [0.25, 0.3) is 16.6 Å². The molecule has 0 aliphatic carbocycles. The van der Waals surface area contributed by atoms with Crippen molar-refractivity contribution in [3.63, 3.8) is 0 Å². The summed E-state index contributed by atoms with van der Waals surface area (Å²) in [6.45, 7) is -0.605. The van der Waals surface area contributed by atoms with Gasteiger partial charge in [0, 0.05) is 6.42 Å². The maximum absolute atomic E-state index is 14.1. The molecule has 4 nitrogen and oxygen atoms in total. The molecule has 0 unspecified atom stereocenters. The van der Waals surface area contributed by atoms with Crippen molar-refractivity contribution < 1.29 is 27.5 Å². The van der Waals surface area contributed by atoms with E-state index in [1.54, 1.807) is 13.0 Å². The van der Waals surface area contributed by atoms with E-state index in [0.29, 0.717) is 11.6 Å². The summed E-state index contributed by atoms with van der Waals surface area (Å²) >= 11 is 0. The lowest BCUT2D eigenvalue weighted by Crippen LogP contribution is -1.98. The average molecular weight is 342 g/mol. The molecule has 0 spiro atoms. The molecule has 0 radical (unpaired) electrons. The predicted molar refractivity (Wildman–Crippen MR) is 81.6 cm³/mol. The van der Waals surface area contributed by atoms with E-state index in [4.69, 9.17) is 0 Å². The van der Waals surface area contributed by atoms with Gasteiger partial charge in [-0.1, -0.05) is 0 Å². The van der Waals surface area contributed by atoms with E-state index in [1.165, 1.54) is 6.07 Å². The number of aromatic nitrogens is 2. The van der Waals surface area contributed by atoms with Crippen LogP contribution in [0.15, 0.2) is 29.9 Å². The van der Waals surface area contributed by atoms with E-state index in [2.05, 4.69) is 9.97 Å². The van der Waals surface area contributed by atoms with Gasteiger partial charge in [0.2, 0.25) is 0 Å². The Morgan fingerprint density at radius 3 is 2.62 bits per heavy atom. The molecule has 128 valence electrons. The van der Waals surface area contributed by atoms with Crippen LogP contribution in [-0.4, -0.2) is 34.4 Å². The number of alkyl halides is 2. The van der Waals surface area contributed by atoms with E-state index in [1.807, 2.05) is 0 Å². The molecule has 1 aromatic carbocycles. The van der Waals surface area contributed by atoms with Crippen LogP contribution in [0.2, 0.25) is 0 Å². The highest BCUT2D eigenvalue weighted by atomic mass is 19.1. The number of H-pyrrole nitrogens is 1. The van der Waals surface area contributed by atoms with Gasteiger partial charge in [-0.05, 0) is 30.7 Å². The average Bonchev–Trinajstić information content (AvgIpc) is 2.89. The summed E-state index contributed by atoms with van der Waals surface area (Å²) in [5.74, 6) is -3.97. The largest absolute Gasteiger partial charge is 0.478 e. The predicted octanol–water partition coefficient (Wildman–Crippen LogP) is 4.43. The van der Waals surface area contributed by atoms with Crippen molar-refractivity contribution in [2.75, 3.05) is 13.3 Å². The number of aromatic amines is 1. The van der Waals surface area contributed by atoms with Gasteiger partial charge < -0.3 is 10.1 Å². The number of allylic oxidation sites excluding steroid dienone is 4. The highest BCUT2D eigenvalue weighted by Gasteiger charge is 2.21. The molecule has 0 aliphatic heterocycles. The van der Waals surface area contributed by atoms with E-state index in [9.17, 15) is 27.5 Å². The summed E-state index contributed by atoms with van der Waals surface area (Å²) in [5.41, 5.74) is -0.00422. The molecule has 1 aromatic heterocycles. The number of hydrogen-bond donors (Lipinski definition) is 2. The van der Waals surface area contributed by atoms with Gasteiger partial charge in [-0.2, -0.15) is 0 Å². The molecule has 0 saturated heterocycles. The normalized spacial score (nSPS) is 13.3. The number of hydrogen-bond acceptors (Lipinski definition) is 2. The lowest BCUT2D eigenvalue weighted by molar-refractivity contribution is 0.0698. The first-order chi connectivity index (χ1) is 11.4. The molecule has 24 heavy (non-hydrogen) atoms. The van der Waals surface area contributed by atoms with Gasteiger partial charge in [0.05, 0.1) is 23.3 Å². The number of nitrogens with zero attached hydrogens (tertiary/aromatic N) is 1. The van der Waals surface area contributed by atoms with Gasteiger partial charge in [0.15, 0.2) is 0 Å². The van der Waals surface area contributed by atoms with Crippen LogP contribution < -0.4 is 0 Å². The highest BCUT2D eigenvalue weighted by Crippen LogP contribution is 2.31. The third kappa shape index (κ3) is 3.47. The van der Waals surface area contributed by atoms with Crippen molar-refractivity contribution in [1.82, 2.24) is 9.97 Å². The van der Waals surface area contributed by atoms with Gasteiger partial charge in [-0.25, -0.2) is 22.9 Å². The van der Waals surface area contributed by atoms with Gasteiger partial charge in [0.1, 0.15) is 29.7 Å². The molecule has 0 fully saturated rings. The van der Waals surface area contributed by atoms with Crippen LogP contribution in [0.3, 0.4) is 0 Å². The minimum atomic E-state index is -1.25. The number of benzene rings is 1. The van der Waals surface area contributed by atoms with Crippen molar-refractivity contribution in [2.24, 2.45) is 0 Å². The number of aromatic carboxylic acids is 1. The summed E-state index contributed by atoms with van der Waals surface area (Å²) < 4.78 is 52.8. The van der Waals surface area contributed by atoms with Crippen LogP contribution in [0.4, 0.5) is 17.6 Å². The summed E-state index contributed by atoms with van der Waals surface area (Å²) in [6, 6.07) is 2.92. The first kappa shape index (κ1) is 17.7. The molecule has 2 aromatic rings. The highest BCUT2D eigenvalue weighted by molar-refractivity contribution is 6.02. The third-order valence-corrected chi connectivity index (χ3v) is 3.28. The van der Waals surface area contributed by atoms with Crippen molar-refractivity contribution in [3.8, 4) is 0 Å². The molecule has 2 rings (SSSR count). The second kappa shape index (κ2) is 7.29. The van der Waals surface area contributed by atoms with Crippen molar-refractivity contribution in [1.29, 1.82) is 0 Å². The van der Waals surface area contributed by atoms with Crippen LogP contribution >= 0.6 is 0 Å². The molecule has 0 saturated carbocycles. The summed E-state index contributed by atoms with van der Waals surface area (Å²) in [7, 11) is 0. The van der Waals surface area contributed by atoms with E-state index >= 15 is 0 Å². The Morgan fingerprint density at radius 1 is 1.33 bits per heavy atom. The minimum absolute atomic E-state index is 0.00157. The summed E-state index contributed by atoms with van der Waals surface area (Å²) in [5, 5.41) is 9.22. The minimum Gasteiger partial charge on any atom is -0.478 e. The molecule has 1 heterocycles. The Morgan fingerprint density at radius 2 is 2.04 bits per heavy atom. The number of aryl methyl sites for hydroxylation is 1. The third-order valence-electron chi connectivity index (χ3n) is 3.28. The van der Waals surface area contributed by atoms with Crippen molar-refractivity contribution >= 4 is 22.6 Å². The molecular formula is C16H14F4N2O2. The summed E-state index contributed by atoms with van der Waals surface area (Å²) in [4.78, 5) is 17.8. The molecule has 0 amide bonds. The zero-order valence-corrected chi connectivity index (χ0v) is 12.7. The molecule has 2 N–H and O–H groups in total. The quantitative estimate of drug-likeness (QED) is 0.603. The van der Waals surface area contributed by atoms with Crippen LogP contribution in [0, 0.1) is 6.92 Å². The zero-order valence-electron chi connectivity index (χ0n) is 12.7. The van der Waals surface area contributed by atoms with Crippen LogP contribution in [0.1, 0.15) is 28.2 Å². The summed E-state index contributed by atoms with van der Waals surface area (Å²) in [6.07, 6.45) is -0.214. The van der Waals surface area contributed by atoms with E-state index < -0.39 is 43.0 Å². The molecule has 0 atom stereocenters. The molecule has 8 heteroatoms. The molecule has 0 aliphatic rings. The van der Waals surface area contributed by atoms with Gasteiger partial charge in [0.25, 0.3) is 0 Å². The van der Waals surface area contributed by atoms with Crippen molar-refractivity contribution in [2.45, 2.75) is 13.3 Å². The second-order valence-corrected chi connectivity index (χ2v) is 5.02. The zero-order chi connectivity index (χ0) is 17.9. The fraction of sp³-hybridized carbons (Fsp3) is 0.250. The smallest absolute Gasteiger partial charge is 0.337 e. The number of nitrogens with one attached hydrogen (secondary N) is 1. The lowest BCUT2D eigenvalue weighted by atomic mass is 10.1.